The van der Waals surface area contributed by atoms with Gasteiger partial charge in [0.25, 0.3) is 0 Å². The topological polar surface area (TPSA) is 61.4 Å². The van der Waals surface area contributed by atoms with E-state index < -0.39 is 0 Å². The maximum Gasteiger partial charge on any atom is 0.241 e. The van der Waals surface area contributed by atoms with Crippen molar-refractivity contribution in [1.29, 1.82) is 0 Å². The van der Waals surface area contributed by atoms with Gasteiger partial charge in [-0.1, -0.05) is 6.92 Å². The maximum atomic E-state index is 11.7. The lowest BCUT2D eigenvalue weighted by Crippen LogP contribution is -2.38. The van der Waals surface area contributed by atoms with E-state index in [0.717, 1.165) is 13.1 Å². The quantitative estimate of drug-likeness (QED) is 0.738. The standard InChI is InChI=1S/C13H25N3O2/c1-10(11-5-4-6-14-8-11)7-12(17)15-9-13(18)16(2)3/h10-11,14H,4-9H2,1-3H3,(H,15,17). The van der Waals surface area contributed by atoms with Crippen LogP contribution in [0.1, 0.15) is 26.2 Å². The number of nitrogens with one attached hydrogen (secondary N) is 2. The van der Waals surface area contributed by atoms with Crippen LogP contribution in [0.15, 0.2) is 0 Å². The molecule has 0 aromatic rings. The minimum atomic E-state index is -0.0738. The first-order valence-electron chi connectivity index (χ1n) is 6.68. The summed E-state index contributed by atoms with van der Waals surface area (Å²) in [5.74, 6) is 0.847. The van der Waals surface area contributed by atoms with E-state index in [9.17, 15) is 9.59 Å². The molecular weight excluding hydrogens is 230 g/mol. The van der Waals surface area contributed by atoms with Gasteiger partial charge in [-0.2, -0.15) is 0 Å². The highest BCUT2D eigenvalue weighted by atomic mass is 16.2. The van der Waals surface area contributed by atoms with Gasteiger partial charge in [0, 0.05) is 20.5 Å². The van der Waals surface area contributed by atoms with Crippen LogP contribution in [-0.2, 0) is 9.59 Å². The lowest BCUT2D eigenvalue weighted by atomic mass is 9.85. The highest BCUT2D eigenvalue weighted by molar-refractivity contribution is 5.84. The number of hydrogen-bond acceptors (Lipinski definition) is 3. The fourth-order valence-electron chi connectivity index (χ4n) is 2.23. The molecule has 0 spiro atoms. The summed E-state index contributed by atoms with van der Waals surface area (Å²) in [6.45, 7) is 4.31. The summed E-state index contributed by atoms with van der Waals surface area (Å²) >= 11 is 0. The van der Waals surface area contributed by atoms with Gasteiger partial charge in [0.05, 0.1) is 6.54 Å². The van der Waals surface area contributed by atoms with Crippen molar-refractivity contribution in [3.63, 3.8) is 0 Å². The molecule has 1 heterocycles. The number of piperidine rings is 1. The molecule has 0 aromatic heterocycles. The second-order valence-electron chi connectivity index (χ2n) is 5.35. The van der Waals surface area contributed by atoms with E-state index in [2.05, 4.69) is 17.6 Å². The zero-order valence-electron chi connectivity index (χ0n) is 11.7. The molecule has 2 atom stereocenters. The van der Waals surface area contributed by atoms with Crippen molar-refractivity contribution in [2.45, 2.75) is 26.2 Å². The van der Waals surface area contributed by atoms with Crippen LogP contribution < -0.4 is 10.6 Å². The average molecular weight is 255 g/mol. The molecule has 2 unspecified atom stereocenters. The highest BCUT2D eigenvalue weighted by Crippen LogP contribution is 2.22. The number of nitrogens with zero attached hydrogens (tertiary/aromatic N) is 1. The van der Waals surface area contributed by atoms with Crippen molar-refractivity contribution in [3.05, 3.63) is 0 Å². The molecular formula is C13H25N3O2. The van der Waals surface area contributed by atoms with Gasteiger partial charge in [0.15, 0.2) is 0 Å². The van der Waals surface area contributed by atoms with Crippen LogP contribution >= 0.6 is 0 Å². The Morgan fingerprint density at radius 2 is 2.17 bits per heavy atom. The van der Waals surface area contributed by atoms with Crippen LogP contribution in [0, 0.1) is 11.8 Å². The Bertz CT molecular complexity index is 286. The summed E-state index contributed by atoms with van der Waals surface area (Å²) in [6, 6.07) is 0. The molecule has 1 rings (SSSR count). The molecule has 104 valence electrons. The van der Waals surface area contributed by atoms with Gasteiger partial charge >= 0.3 is 0 Å². The van der Waals surface area contributed by atoms with E-state index in [4.69, 9.17) is 0 Å². The van der Waals surface area contributed by atoms with Crippen LogP contribution in [0.5, 0.6) is 0 Å². The predicted molar refractivity (Wildman–Crippen MR) is 71.1 cm³/mol. The average Bonchev–Trinajstić information content (AvgIpc) is 2.36. The molecule has 2 N–H and O–H groups in total. The largest absolute Gasteiger partial charge is 0.347 e. The van der Waals surface area contributed by atoms with Crippen molar-refractivity contribution in [3.8, 4) is 0 Å². The van der Waals surface area contributed by atoms with E-state index in [1.807, 2.05) is 0 Å². The van der Waals surface area contributed by atoms with Crippen molar-refractivity contribution in [2.24, 2.45) is 11.8 Å². The van der Waals surface area contributed by atoms with Gasteiger partial charge in [-0.15, -0.1) is 0 Å². The van der Waals surface area contributed by atoms with Crippen molar-refractivity contribution in [1.82, 2.24) is 15.5 Å². The number of hydrogen-bond donors (Lipinski definition) is 2. The van der Waals surface area contributed by atoms with E-state index >= 15 is 0 Å². The third kappa shape index (κ3) is 5.04. The molecule has 0 saturated carbocycles. The summed E-state index contributed by atoms with van der Waals surface area (Å²) in [5.41, 5.74) is 0. The Morgan fingerprint density at radius 1 is 1.44 bits per heavy atom. The maximum absolute atomic E-state index is 11.7. The van der Waals surface area contributed by atoms with Crippen LogP contribution in [0.25, 0.3) is 0 Å². The number of rotatable bonds is 5. The zero-order valence-corrected chi connectivity index (χ0v) is 11.7. The number of amides is 2. The van der Waals surface area contributed by atoms with Gasteiger partial charge in [-0.05, 0) is 37.8 Å². The van der Waals surface area contributed by atoms with Crippen LogP contribution in [0.3, 0.4) is 0 Å². The summed E-state index contributed by atoms with van der Waals surface area (Å²) in [7, 11) is 3.37. The number of carbonyl (C=O) groups excluding carboxylic acids is 2. The summed E-state index contributed by atoms with van der Waals surface area (Å²) in [5, 5.41) is 6.04. The monoisotopic (exact) mass is 255 g/mol. The molecule has 18 heavy (non-hydrogen) atoms. The van der Waals surface area contributed by atoms with E-state index in [1.54, 1.807) is 14.1 Å². The Hall–Kier alpha value is -1.10. The minimum absolute atomic E-state index is 0.0247. The molecule has 1 saturated heterocycles. The van der Waals surface area contributed by atoms with Gasteiger partial charge in [0.1, 0.15) is 0 Å². The molecule has 0 aliphatic carbocycles. The molecule has 0 bridgehead atoms. The van der Waals surface area contributed by atoms with E-state index in [1.165, 1.54) is 17.7 Å². The highest BCUT2D eigenvalue weighted by Gasteiger charge is 2.22. The number of carbonyl (C=O) groups is 2. The predicted octanol–water partition coefficient (Wildman–Crippen LogP) is 0.217. The first kappa shape index (κ1) is 15.0. The fraction of sp³-hybridized carbons (Fsp3) is 0.846. The van der Waals surface area contributed by atoms with Crippen LogP contribution in [0.2, 0.25) is 0 Å². The summed E-state index contributed by atoms with van der Waals surface area (Å²) in [6.07, 6.45) is 2.89. The molecule has 2 amide bonds. The molecule has 0 radical (unpaired) electrons. The Kier molecular flexibility index (Phi) is 6.12. The first-order valence-corrected chi connectivity index (χ1v) is 6.68. The minimum Gasteiger partial charge on any atom is -0.347 e. The lowest BCUT2D eigenvalue weighted by Gasteiger charge is -2.28. The van der Waals surface area contributed by atoms with Gasteiger partial charge < -0.3 is 15.5 Å². The first-order chi connectivity index (χ1) is 8.50. The van der Waals surface area contributed by atoms with E-state index in [-0.39, 0.29) is 18.4 Å². The van der Waals surface area contributed by atoms with Crippen LogP contribution in [0.4, 0.5) is 0 Å². The molecule has 1 fully saturated rings. The Morgan fingerprint density at radius 3 is 2.72 bits per heavy atom. The summed E-state index contributed by atoms with van der Waals surface area (Å²) in [4.78, 5) is 24.5. The molecule has 1 aliphatic heterocycles. The fourth-order valence-corrected chi connectivity index (χ4v) is 2.23. The zero-order chi connectivity index (χ0) is 13.5. The molecule has 5 nitrogen and oxygen atoms in total. The molecule has 1 aliphatic rings. The number of likely N-dealkylation sites (N-methyl/N-ethyl adjacent to an activating group) is 1. The van der Waals surface area contributed by atoms with E-state index in [0.29, 0.717) is 18.3 Å². The molecule has 0 aromatic carbocycles. The summed E-state index contributed by atoms with van der Waals surface area (Å²) < 4.78 is 0. The third-order valence-corrected chi connectivity index (χ3v) is 3.58. The second kappa shape index (κ2) is 7.36. The van der Waals surface area contributed by atoms with Gasteiger partial charge in [-0.3, -0.25) is 9.59 Å². The normalized spacial score (nSPS) is 21.2. The lowest BCUT2D eigenvalue weighted by molar-refractivity contribution is -0.131. The SMILES string of the molecule is CC(CC(=O)NCC(=O)N(C)C)C1CCCNC1. The Balaban J connectivity index is 2.24. The van der Waals surface area contributed by atoms with Crippen LogP contribution in [-0.4, -0.2) is 50.4 Å². The smallest absolute Gasteiger partial charge is 0.241 e. The second-order valence-corrected chi connectivity index (χ2v) is 5.35. The third-order valence-electron chi connectivity index (χ3n) is 3.58. The Labute approximate surface area is 109 Å². The van der Waals surface area contributed by atoms with Crippen molar-refractivity contribution in [2.75, 3.05) is 33.7 Å². The van der Waals surface area contributed by atoms with Gasteiger partial charge in [-0.25, -0.2) is 0 Å². The van der Waals surface area contributed by atoms with Crippen molar-refractivity contribution < 1.29 is 9.59 Å². The molecule has 5 heteroatoms. The van der Waals surface area contributed by atoms with Gasteiger partial charge in [0.2, 0.25) is 11.8 Å². The van der Waals surface area contributed by atoms with Crippen molar-refractivity contribution >= 4 is 11.8 Å².